The molecular formula is C9H10BrNO2. The Kier molecular flexibility index (Phi) is 3.92. The Balaban J connectivity index is 2.81. The smallest absolute Gasteiger partial charge is 0.141 e. The van der Waals surface area contributed by atoms with Gasteiger partial charge in [-0.2, -0.15) is 0 Å². The number of rotatable bonds is 3. The molecular weight excluding hydrogens is 234 g/mol. The molecule has 1 aromatic heterocycles. The normalized spacial score (nSPS) is 10.9. The zero-order chi connectivity index (χ0) is 9.68. The van der Waals surface area contributed by atoms with Gasteiger partial charge in [0.25, 0.3) is 0 Å². The van der Waals surface area contributed by atoms with Crippen LogP contribution in [-0.2, 0) is 0 Å². The van der Waals surface area contributed by atoms with Crippen LogP contribution in [0.4, 0.5) is 0 Å². The maximum atomic E-state index is 9.34. The van der Waals surface area contributed by atoms with Crippen molar-refractivity contribution in [3.8, 4) is 5.75 Å². The SMILES string of the molecule is OCCC=Cc1nc(Br)ccc1O. The molecule has 0 aliphatic heterocycles. The highest BCUT2D eigenvalue weighted by Crippen LogP contribution is 2.18. The highest BCUT2D eigenvalue weighted by atomic mass is 79.9. The number of hydrogen-bond acceptors (Lipinski definition) is 3. The van der Waals surface area contributed by atoms with E-state index in [9.17, 15) is 5.11 Å². The van der Waals surface area contributed by atoms with Crippen molar-refractivity contribution in [1.29, 1.82) is 0 Å². The molecule has 1 heterocycles. The molecule has 0 aliphatic carbocycles. The average molecular weight is 244 g/mol. The third-order valence-corrected chi connectivity index (χ3v) is 1.88. The van der Waals surface area contributed by atoms with Gasteiger partial charge in [-0.3, -0.25) is 0 Å². The summed E-state index contributed by atoms with van der Waals surface area (Å²) in [5.41, 5.74) is 0.503. The van der Waals surface area contributed by atoms with E-state index in [1.54, 1.807) is 24.3 Å². The minimum Gasteiger partial charge on any atom is -0.506 e. The molecule has 1 aromatic rings. The van der Waals surface area contributed by atoms with E-state index < -0.39 is 0 Å². The van der Waals surface area contributed by atoms with Crippen LogP contribution in [0.25, 0.3) is 6.08 Å². The number of aromatic hydroxyl groups is 1. The monoisotopic (exact) mass is 243 g/mol. The van der Waals surface area contributed by atoms with Crippen LogP contribution in [0, 0.1) is 0 Å². The number of hydrogen-bond donors (Lipinski definition) is 2. The van der Waals surface area contributed by atoms with Gasteiger partial charge in [-0.25, -0.2) is 4.98 Å². The van der Waals surface area contributed by atoms with E-state index in [0.717, 1.165) is 0 Å². The van der Waals surface area contributed by atoms with E-state index in [-0.39, 0.29) is 12.4 Å². The minimum atomic E-state index is 0.102. The Morgan fingerprint density at radius 3 is 2.92 bits per heavy atom. The fourth-order valence-electron chi connectivity index (χ4n) is 0.835. The Labute approximate surface area is 84.9 Å². The van der Waals surface area contributed by atoms with Crippen LogP contribution < -0.4 is 0 Å². The van der Waals surface area contributed by atoms with Crippen LogP contribution in [-0.4, -0.2) is 21.8 Å². The second-order valence-electron chi connectivity index (χ2n) is 2.45. The molecule has 0 amide bonds. The largest absolute Gasteiger partial charge is 0.506 e. The average Bonchev–Trinajstić information content (AvgIpc) is 2.11. The summed E-state index contributed by atoms with van der Waals surface area (Å²) in [6.07, 6.45) is 4.00. The molecule has 0 spiro atoms. The van der Waals surface area contributed by atoms with E-state index >= 15 is 0 Å². The lowest BCUT2D eigenvalue weighted by Gasteiger charge is -1.97. The molecule has 0 aliphatic rings. The molecule has 4 heteroatoms. The number of aliphatic hydroxyl groups excluding tert-OH is 1. The van der Waals surface area contributed by atoms with E-state index in [1.165, 1.54) is 0 Å². The zero-order valence-electron chi connectivity index (χ0n) is 6.94. The third-order valence-electron chi connectivity index (χ3n) is 1.44. The highest BCUT2D eigenvalue weighted by Gasteiger charge is 1.98. The number of aromatic nitrogens is 1. The maximum absolute atomic E-state index is 9.34. The van der Waals surface area contributed by atoms with Gasteiger partial charge >= 0.3 is 0 Å². The highest BCUT2D eigenvalue weighted by molar-refractivity contribution is 9.10. The Hall–Kier alpha value is -0.870. The number of pyridine rings is 1. The van der Waals surface area contributed by atoms with E-state index in [2.05, 4.69) is 20.9 Å². The van der Waals surface area contributed by atoms with Gasteiger partial charge in [0.05, 0.1) is 0 Å². The first kappa shape index (κ1) is 10.2. The summed E-state index contributed by atoms with van der Waals surface area (Å²) in [6.45, 7) is 0.102. The van der Waals surface area contributed by atoms with Gasteiger partial charge < -0.3 is 10.2 Å². The van der Waals surface area contributed by atoms with Gasteiger partial charge in [0.2, 0.25) is 0 Å². The first-order valence-corrected chi connectivity index (χ1v) is 4.66. The van der Waals surface area contributed by atoms with Crippen molar-refractivity contribution in [1.82, 2.24) is 4.98 Å². The first-order valence-electron chi connectivity index (χ1n) is 3.87. The Morgan fingerprint density at radius 2 is 2.23 bits per heavy atom. The summed E-state index contributed by atoms with van der Waals surface area (Å²) in [7, 11) is 0. The summed E-state index contributed by atoms with van der Waals surface area (Å²) >= 11 is 3.20. The van der Waals surface area contributed by atoms with Crippen molar-refractivity contribution >= 4 is 22.0 Å². The topological polar surface area (TPSA) is 53.4 Å². The predicted octanol–water partition coefficient (Wildman–Crippen LogP) is 1.95. The van der Waals surface area contributed by atoms with Gasteiger partial charge in [-0.1, -0.05) is 6.08 Å². The fraction of sp³-hybridized carbons (Fsp3) is 0.222. The van der Waals surface area contributed by atoms with Gasteiger partial charge in [-0.05, 0) is 40.6 Å². The van der Waals surface area contributed by atoms with Crippen LogP contribution in [0.15, 0.2) is 22.8 Å². The van der Waals surface area contributed by atoms with Crippen LogP contribution in [0.3, 0.4) is 0 Å². The molecule has 13 heavy (non-hydrogen) atoms. The molecule has 0 saturated heterocycles. The van der Waals surface area contributed by atoms with Gasteiger partial charge in [-0.15, -0.1) is 0 Å². The molecule has 0 aromatic carbocycles. The number of aliphatic hydroxyl groups is 1. The molecule has 0 fully saturated rings. The van der Waals surface area contributed by atoms with Crippen molar-refractivity contribution < 1.29 is 10.2 Å². The molecule has 0 saturated carbocycles. The predicted molar refractivity (Wildman–Crippen MR) is 54.3 cm³/mol. The van der Waals surface area contributed by atoms with E-state index in [1.807, 2.05) is 0 Å². The van der Waals surface area contributed by atoms with Crippen LogP contribution in [0.2, 0.25) is 0 Å². The van der Waals surface area contributed by atoms with Gasteiger partial charge in [0, 0.05) is 6.61 Å². The molecule has 0 bridgehead atoms. The van der Waals surface area contributed by atoms with E-state index in [4.69, 9.17) is 5.11 Å². The summed E-state index contributed by atoms with van der Waals surface area (Å²) < 4.78 is 0.675. The molecule has 0 unspecified atom stereocenters. The number of halogens is 1. The molecule has 0 atom stereocenters. The standard InChI is InChI=1S/C9H10BrNO2/c10-9-5-4-8(13)7(11-9)3-1-2-6-12/h1,3-5,12-13H,2,6H2. The summed E-state index contributed by atoms with van der Waals surface area (Å²) in [5, 5.41) is 17.9. The molecule has 3 nitrogen and oxygen atoms in total. The lowest BCUT2D eigenvalue weighted by molar-refractivity contribution is 0.303. The Morgan fingerprint density at radius 1 is 1.46 bits per heavy atom. The van der Waals surface area contributed by atoms with Gasteiger partial charge in [0.1, 0.15) is 16.0 Å². The van der Waals surface area contributed by atoms with Crippen molar-refractivity contribution in [2.24, 2.45) is 0 Å². The van der Waals surface area contributed by atoms with Crippen LogP contribution >= 0.6 is 15.9 Å². The summed E-state index contributed by atoms with van der Waals surface area (Å²) in [6, 6.07) is 3.23. The molecule has 2 N–H and O–H groups in total. The van der Waals surface area contributed by atoms with Crippen LogP contribution in [0.1, 0.15) is 12.1 Å². The quantitative estimate of drug-likeness (QED) is 0.799. The summed E-state index contributed by atoms with van der Waals surface area (Å²) in [4.78, 5) is 4.04. The molecule has 1 rings (SSSR count). The maximum Gasteiger partial charge on any atom is 0.141 e. The van der Waals surface area contributed by atoms with E-state index in [0.29, 0.717) is 16.7 Å². The summed E-state index contributed by atoms with van der Waals surface area (Å²) in [5.74, 6) is 0.136. The third kappa shape index (κ3) is 3.16. The lowest BCUT2D eigenvalue weighted by Crippen LogP contribution is -1.83. The molecule has 0 radical (unpaired) electrons. The zero-order valence-corrected chi connectivity index (χ0v) is 8.53. The molecule has 70 valence electrons. The number of nitrogens with zero attached hydrogens (tertiary/aromatic N) is 1. The van der Waals surface area contributed by atoms with Crippen molar-refractivity contribution in [3.63, 3.8) is 0 Å². The Bertz CT molecular complexity index is 312. The van der Waals surface area contributed by atoms with Crippen molar-refractivity contribution in [2.45, 2.75) is 6.42 Å². The lowest BCUT2D eigenvalue weighted by atomic mass is 10.3. The van der Waals surface area contributed by atoms with Crippen LogP contribution in [0.5, 0.6) is 5.75 Å². The second kappa shape index (κ2) is 4.99. The first-order chi connectivity index (χ1) is 6.24. The second-order valence-corrected chi connectivity index (χ2v) is 3.27. The fourth-order valence-corrected chi connectivity index (χ4v) is 1.16. The van der Waals surface area contributed by atoms with Crippen molar-refractivity contribution in [2.75, 3.05) is 6.61 Å². The van der Waals surface area contributed by atoms with Gasteiger partial charge in [0.15, 0.2) is 0 Å². The van der Waals surface area contributed by atoms with Crippen molar-refractivity contribution in [3.05, 3.63) is 28.5 Å². The minimum absolute atomic E-state index is 0.102.